The van der Waals surface area contributed by atoms with E-state index in [1.165, 1.54) is 7.05 Å². The molecule has 0 aromatic carbocycles. The third-order valence-electron chi connectivity index (χ3n) is 1.94. The van der Waals surface area contributed by atoms with Gasteiger partial charge < -0.3 is 0 Å². The van der Waals surface area contributed by atoms with E-state index < -0.39 is 0 Å². The van der Waals surface area contributed by atoms with Crippen molar-refractivity contribution in [1.29, 1.82) is 5.26 Å². The zero-order valence-corrected chi connectivity index (χ0v) is 7.44. The van der Waals surface area contributed by atoms with Crippen LogP contribution in [-0.2, 0) is 4.79 Å². The molecule has 0 radical (unpaired) electrons. The van der Waals surface area contributed by atoms with Crippen LogP contribution >= 0.6 is 11.8 Å². The van der Waals surface area contributed by atoms with Crippen LogP contribution in [0.3, 0.4) is 0 Å². The summed E-state index contributed by atoms with van der Waals surface area (Å²) in [6.45, 7) is 0. The summed E-state index contributed by atoms with van der Waals surface area (Å²) in [7, 11) is 1.51. The Balaban J connectivity index is 2.62. The summed E-state index contributed by atoms with van der Waals surface area (Å²) in [6.07, 6.45) is 5.56. The summed E-state index contributed by atoms with van der Waals surface area (Å²) >= 11 is 1.55. The lowest BCUT2D eigenvalue weighted by Gasteiger charge is -2.14. The van der Waals surface area contributed by atoms with Gasteiger partial charge in [-0.05, 0) is 19.1 Å². The monoisotopic (exact) mass is 170 g/mol. The van der Waals surface area contributed by atoms with Gasteiger partial charge in [-0.1, -0.05) is 0 Å². The molecular formula is C7H10N2OS. The Kier molecular flexibility index (Phi) is 2.10. The number of rotatable bonds is 2. The molecule has 0 saturated heterocycles. The lowest BCUT2D eigenvalue weighted by atomic mass is 10.4. The Morgan fingerprint density at radius 1 is 1.73 bits per heavy atom. The summed E-state index contributed by atoms with van der Waals surface area (Å²) in [5.74, 6) is -0.0486. The van der Waals surface area contributed by atoms with Crippen molar-refractivity contribution in [3.63, 3.8) is 0 Å². The van der Waals surface area contributed by atoms with Crippen molar-refractivity contribution < 1.29 is 4.79 Å². The highest BCUT2D eigenvalue weighted by Crippen LogP contribution is 2.48. The topological polar surface area (TPSA) is 44.1 Å². The molecule has 0 bridgehead atoms. The van der Waals surface area contributed by atoms with Crippen molar-refractivity contribution >= 4 is 17.7 Å². The first-order chi connectivity index (χ1) is 5.16. The molecule has 1 saturated carbocycles. The smallest absolute Gasteiger partial charge is 0.251 e. The van der Waals surface area contributed by atoms with E-state index in [4.69, 9.17) is 5.26 Å². The number of hydrogen-bond acceptors (Lipinski definition) is 3. The molecule has 1 fully saturated rings. The van der Waals surface area contributed by atoms with Crippen LogP contribution in [0.2, 0.25) is 0 Å². The molecule has 1 aliphatic carbocycles. The van der Waals surface area contributed by atoms with Crippen LogP contribution in [0.15, 0.2) is 0 Å². The van der Waals surface area contributed by atoms with Gasteiger partial charge in [-0.2, -0.15) is 5.26 Å². The summed E-state index contributed by atoms with van der Waals surface area (Å²) in [5, 5.41) is 8.44. The fraction of sp³-hybridized carbons (Fsp3) is 0.714. The highest BCUT2D eigenvalue weighted by molar-refractivity contribution is 8.01. The predicted molar refractivity (Wildman–Crippen MR) is 43.9 cm³/mol. The van der Waals surface area contributed by atoms with Crippen molar-refractivity contribution in [1.82, 2.24) is 4.90 Å². The Morgan fingerprint density at radius 2 is 2.27 bits per heavy atom. The molecule has 4 heteroatoms. The van der Waals surface area contributed by atoms with Crippen LogP contribution < -0.4 is 0 Å². The van der Waals surface area contributed by atoms with E-state index in [2.05, 4.69) is 0 Å². The van der Waals surface area contributed by atoms with Gasteiger partial charge in [0.25, 0.3) is 5.91 Å². The molecule has 0 N–H and O–H groups in total. The van der Waals surface area contributed by atoms with Crippen molar-refractivity contribution in [2.24, 2.45) is 0 Å². The van der Waals surface area contributed by atoms with Crippen LogP contribution in [-0.4, -0.2) is 28.9 Å². The number of nitrogens with zero attached hydrogens (tertiary/aromatic N) is 2. The summed E-state index contributed by atoms with van der Waals surface area (Å²) < 4.78 is -0.246. The van der Waals surface area contributed by atoms with Crippen molar-refractivity contribution in [3.05, 3.63) is 0 Å². The molecule has 0 atom stereocenters. The number of nitriles is 1. The van der Waals surface area contributed by atoms with E-state index in [1.54, 1.807) is 11.8 Å². The number of carbonyl (C=O) groups excluding carboxylic acids is 1. The quantitative estimate of drug-likeness (QED) is 0.455. The standard InChI is InChI=1S/C7H10N2OS/c1-9(5-8)6(10)7(11-2)3-4-7/h3-4H2,1-2H3. The molecule has 60 valence electrons. The van der Waals surface area contributed by atoms with Gasteiger partial charge in [-0.3, -0.25) is 9.69 Å². The van der Waals surface area contributed by atoms with Crippen LogP contribution in [0.25, 0.3) is 0 Å². The van der Waals surface area contributed by atoms with E-state index in [0.717, 1.165) is 17.7 Å². The Morgan fingerprint density at radius 3 is 2.55 bits per heavy atom. The van der Waals surface area contributed by atoms with Crippen LogP contribution in [0.1, 0.15) is 12.8 Å². The van der Waals surface area contributed by atoms with E-state index in [9.17, 15) is 4.79 Å². The van der Waals surface area contributed by atoms with Crippen molar-refractivity contribution in [3.8, 4) is 6.19 Å². The molecule has 0 spiro atoms. The summed E-state index contributed by atoms with van der Waals surface area (Å²) in [5.41, 5.74) is 0. The lowest BCUT2D eigenvalue weighted by molar-refractivity contribution is -0.127. The summed E-state index contributed by atoms with van der Waals surface area (Å²) in [4.78, 5) is 12.5. The maximum atomic E-state index is 11.4. The first-order valence-electron chi connectivity index (χ1n) is 3.39. The van der Waals surface area contributed by atoms with Gasteiger partial charge in [0.1, 0.15) is 0 Å². The maximum Gasteiger partial charge on any atom is 0.251 e. The second kappa shape index (κ2) is 2.74. The molecule has 11 heavy (non-hydrogen) atoms. The predicted octanol–water partition coefficient (Wildman–Crippen LogP) is 0.821. The SMILES string of the molecule is CSC1(C(=O)N(C)C#N)CC1. The van der Waals surface area contributed by atoms with Gasteiger partial charge in [-0.15, -0.1) is 11.8 Å². The molecule has 3 nitrogen and oxygen atoms in total. The molecule has 0 aromatic heterocycles. The molecular weight excluding hydrogens is 160 g/mol. The van der Waals surface area contributed by atoms with Crippen LogP contribution in [0.4, 0.5) is 0 Å². The molecule has 1 aliphatic rings. The minimum atomic E-state index is -0.246. The van der Waals surface area contributed by atoms with Gasteiger partial charge in [0.05, 0.1) is 4.75 Å². The third-order valence-corrected chi connectivity index (χ3v) is 3.30. The second-order valence-corrected chi connectivity index (χ2v) is 3.85. The highest BCUT2D eigenvalue weighted by Gasteiger charge is 2.50. The fourth-order valence-electron chi connectivity index (χ4n) is 0.970. The normalized spacial score (nSPS) is 18.6. The molecule has 0 aromatic rings. The van der Waals surface area contributed by atoms with E-state index in [0.29, 0.717) is 0 Å². The molecule has 0 heterocycles. The van der Waals surface area contributed by atoms with Crippen LogP contribution in [0, 0.1) is 11.5 Å². The fourth-order valence-corrected chi connectivity index (χ4v) is 1.79. The van der Waals surface area contributed by atoms with Crippen molar-refractivity contribution in [2.75, 3.05) is 13.3 Å². The first kappa shape index (κ1) is 8.41. The Labute approximate surface area is 70.4 Å². The average Bonchev–Trinajstić information content (AvgIpc) is 2.82. The van der Waals surface area contributed by atoms with Gasteiger partial charge in [0.15, 0.2) is 6.19 Å². The first-order valence-corrected chi connectivity index (χ1v) is 4.62. The lowest BCUT2D eigenvalue weighted by Crippen LogP contribution is -2.32. The minimum absolute atomic E-state index is 0.0486. The number of amides is 1. The molecule has 1 rings (SSSR count). The van der Waals surface area contributed by atoms with Gasteiger partial charge in [0.2, 0.25) is 0 Å². The van der Waals surface area contributed by atoms with Crippen LogP contribution in [0.5, 0.6) is 0 Å². The maximum absolute atomic E-state index is 11.4. The number of carbonyl (C=O) groups is 1. The van der Waals surface area contributed by atoms with E-state index in [1.807, 2.05) is 12.4 Å². The Bertz CT molecular complexity index is 217. The van der Waals surface area contributed by atoms with Crippen molar-refractivity contribution in [2.45, 2.75) is 17.6 Å². The number of hydrogen-bond donors (Lipinski definition) is 0. The molecule has 0 unspecified atom stereocenters. The Hall–Kier alpha value is -0.690. The number of thioether (sulfide) groups is 1. The zero-order valence-electron chi connectivity index (χ0n) is 6.63. The van der Waals surface area contributed by atoms with Gasteiger partial charge >= 0.3 is 0 Å². The largest absolute Gasteiger partial charge is 0.272 e. The zero-order chi connectivity index (χ0) is 8.48. The third kappa shape index (κ3) is 1.33. The second-order valence-electron chi connectivity index (χ2n) is 2.66. The molecule has 1 amide bonds. The highest BCUT2D eigenvalue weighted by atomic mass is 32.2. The van der Waals surface area contributed by atoms with E-state index >= 15 is 0 Å². The minimum Gasteiger partial charge on any atom is -0.272 e. The van der Waals surface area contributed by atoms with Gasteiger partial charge in [0, 0.05) is 7.05 Å². The average molecular weight is 170 g/mol. The van der Waals surface area contributed by atoms with E-state index in [-0.39, 0.29) is 10.7 Å². The summed E-state index contributed by atoms with van der Waals surface area (Å²) in [6, 6.07) is 0. The van der Waals surface area contributed by atoms with Gasteiger partial charge in [-0.25, -0.2) is 0 Å². The molecule has 0 aliphatic heterocycles.